The number of hydrogen-bond donors (Lipinski definition) is 2. The molecular formula is C9H10Br2FNO2. The fourth-order valence-corrected chi connectivity index (χ4v) is 2.14. The van der Waals surface area contributed by atoms with Gasteiger partial charge in [0.2, 0.25) is 0 Å². The summed E-state index contributed by atoms with van der Waals surface area (Å²) in [4.78, 5) is 0. The number of halogens is 3. The molecule has 1 aromatic carbocycles. The van der Waals surface area contributed by atoms with E-state index in [0.717, 1.165) is 0 Å². The molecule has 1 atom stereocenters. The van der Waals surface area contributed by atoms with E-state index in [9.17, 15) is 9.50 Å². The number of phenolic OH excluding ortho intramolecular Hbond substituents is 1. The van der Waals surface area contributed by atoms with Gasteiger partial charge in [-0.25, -0.2) is 4.39 Å². The lowest BCUT2D eigenvalue weighted by molar-refractivity contribution is 0.369. The van der Waals surface area contributed by atoms with Crippen LogP contribution in [0.5, 0.6) is 11.5 Å². The van der Waals surface area contributed by atoms with Gasteiger partial charge in [0, 0.05) is 4.47 Å². The summed E-state index contributed by atoms with van der Waals surface area (Å²) >= 11 is 6.39. The van der Waals surface area contributed by atoms with Crippen molar-refractivity contribution in [3.8, 4) is 11.5 Å². The molecule has 0 aliphatic heterocycles. The first kappa shape index (κ1) is 12.7. The molecule has 0 aromatic heterocycles. The molecule has 0 saturated carbocycles. The summed E-state index contributed by atoms with van der Waals surface area (Å²) in [5, 5.41) is 9.62. The maximum atomic E-state index is 12.5. The summed E-state index contributed by atoms with van der Waals surface area (Å²) in [6.45, 7) is -0.682. The monoisotopic (exact) mass is 341 g/mol. The minimum absolute atomic E-state index is 0.0424. The van der Waals surface area contributed by atoms with Crippen LogP contribution in [0.1, 0.15) is 11.6 Å². The standard InChI is InChI=1S/C9H10Br2FNO2/c1-15-6-2-4(5(13)3-12)7(10)8(11)9(6)14/h2,5,14H,3,13H2,1H3/t5-/m1/s1. The predicted octanol–water partition coefficient (Wildman–Crippen LogP) is 2.90. The lowest BCUT2D eigenvalue weighted by Gasteiger charge is -2.15. The number of alkyl halides is 1. The van der Waals surface area contributed by atoms with Crippen molar-refractivity contribution in [1.82, 2.24) is 0 Å². The van der Waals surface area contributed by atoms with Crippen LogP contribution < -0.4 is 10.5 Å². The van der Waals surface area contributed by atoms with Gasteiger partial charge in [0.25, 0.3) is 0 Å². The number of hydrogen-bond acceptors (Lipinski definition) is 3. The number of methoxy groups -OCH3 is 1. The van der Waals surface area contributed by atoms with Gasteiger partial charge < -0.3 is 15.6 Å². The van der Waals surface area contributed by atoms with Crippen LogP contribution in [0.25, 0.3) is 0 Å². The number of phenols is 1. The van der Waals surface area contributed by atoms with E-state index < -0.39 is 12.7 Å². The molecule has 15 heavy (non-hydrogen) atoms. The van der Waals surface area contributed by atoms with Gasteiger partial charge in [-0.1, -0.05) is 0 Å². The molecule has 1 aromatic rings. The summed E-state index contributed by atoms with van der Waals surface area (Å²) in [5.41, 5.74) is 6.12. The van der Waals surface area contributed by atoms with Gasteiger partial charge in [0.15, 0.2) is 11.5 Å². The Hall–Kier alpha value is -0.330. The molecule has 3 N–H and O–H groups in total. The smallest absolute Gasteiger partial charge is 0.173 e. The third-order valence-corrected chi connectivity index (χ3v) is 4.12. The lowest BCUT2D eigenvalue weighted by Crippen LogP contribution is -2.13. The highest BCUT2D eigenvalue weighted by Gasteiger charge is 2.18. The molecule has 1 rings (SSSR count). The Kier molecular flexibility index (Phi) is 4.36. The van der Waals surface area contributed by atoms with Crippen molar-refractivity contribution in [3.05, 3.63) is 20.6 Å². The van der Waals surface area contributed by atoms with Crippen LogP contribution in [-0.2, 0) is 0 Å². The van der Waals surface area contributed by atoms with Crippen molar-refractivity contribution >= 4 is 31.9 Å². The Labute approximate surface area is 104 Å². The van der Waals surface area contributed by atoms with E-state index in [1.54, 1.807) is 0 Å². The summed E-state index contributed by atoms with van der Waals surface area (Å²) in [6.07, 6.45) is 0. The van der Waals surface area contributed by atoms with E-state index >= 15 is 0 Å². The first-order valence-corrected chi connectivity index (χ1v) is 5.67. The van der Waals surface area contributed by atoms with Gasteiger partial charge in [-0.2, -0.15) is 0 Å². The fraction of sp³-hybridized carbons (Fsp3) is 0.333. The zero-order valence-electron chi connectivity index (χ0n) is 7.93. The predicted molar refractivity (Wildman–Crippen MR) is 63.0 cm³/mol. The highest BCUT2D eigenvalue weighted by molar-refractivity contribution is 9.13. The summed E-state index contributed by atoms with van der Waals surface area (Å²) in [5.74, 6) is 0.211. The Morgan fingerprint density at radius 3 is 2.60 bits per heavy atom. The topological polar surface area (TPSA) is 55.5 Å². The van der Waals surface area contributed by atoms with Crippen LogP contribution in [0, 0.1) is 0 Å². The van der Waals surface area contributed by atoms with E-state index in [0.29, 0.717) is 14.5 Å². The van der Waals surface area contributed by atoms with E-state index in [1.165, 1.54) is 13.2 Å². The molecule has 0 saturated heterocycles. The number of rotatable bonds is 3. The molecule has 0 unspecified atom stereocenters. The average Bonchev–Trinajstić information content (AvgIpc) is 2.25. The average molecular weight is 343 g/mol. The minimum Gasteiger partial charge on any atom is -0.503 e. The van der Waals surface area contributed by atoms with Crippen molar-refractivity contribution in [2.24, 2.45) is 5.73 Å². The summed E-state index contributed by atoms with van der Waals surface area (Å²) < 4.78 is 18.3. The van der Waals surface area contributed by atoms with Crippen LogP contribution in [0.2, 0.25) is 0 Å². The molecule has 0 heterocycles. The maximum Gasteiger partial charge on any atom is 0.173 e. The van der Waals surface area contributed by atoms with Crippen molar-refractivity contribution < 1.29 is 14.2 Å². The van der Waals surface area contributed by atoms with Crippen molar-refractivity contribution in [2.75, 3.05) is 13.8 Å². The summed E-state index contributed by atoms with van der Waals surface area (Å²) in [6, 6.07) is 0.763. The molecule has 0 fully saturated rings. The zero-order valence-corrected chi connectivity index (χ0v) is 11.1. The maximum absolute atomic E-state index is 12.5. The fourth-order valence-electron chi connectivity index (χ4n) is 1.12. The molecule has 0 radical (unpaired) electrons. The van der Waals surface area contributed by atoms with Crippen LogP contribution >= 0.6 is 31.9 Å². The van der Waals surface area contributed by atoms with Gasteiger partial charge in [-0.15, -0.1) is 0 Å². The minimum atomic E-state index is -0.745. The molecule has 0 bridgehead atoms. The van der Waals surface area contributed by atoms with E-state index in [1.807, 2.05) is 0 Å². The third-order valence-electron chi connectivity index (χ3n) is 1.96. The van der Waals surface area contributed by atoms with Gasteiger partial charge >= 0.3 is 0 Å². The van der Waals surface area contributed by atoms with Crippen LogP contribution in [0.15, 0.2) is 15.0 Å². The number of ether oxygens (including phenoxy) is 1. The second-order valence-corrected chi connectivity index (χ2v) is 4.49. The Bertz CT molecular complexity index is 374. The van der Waals surface area contributed by atoms with E-state index in [-0.39, 0.29) is 11.5 Å². The lowest BCUT2D eigenvalue weighted by atomic mass is 10.1. The largest absolute Gasteiger partial charge is 0.503 e. The Morgan fingerprint density at radius 1 is 1.53 bits per heavy atom. The number of aromatic hydroxyl groups is 1. The number of nitrogens with two attached hydrogens (primary N) is 1. The Morgan fingerprint density at radius 2 is 2.13 bits per heavy atom. The van der Waals surface area contributed by atoms with E-state index in [2.05, 4.69) is 31.9 Å². The molecule has 0 amide bonds. The highest BCUT2D eigenvalue weighted by atomic mass is 79.9. The van der Waals surface area contributed by atoms with Gasteiger partial charge in [0.1, 0.15) is 6.67 Å². The van der Waals surface area contributed by atoms with Crippen molar-refractivity contribution in [2.45, 2.75) is 6.04 Å². The normalized spacial score (nSPS) is 12.6. The highest BCUT2D eigenvalue weighted by Crippen LogP contribution is 2.43. The van der Waals surface area contributed by atoms with E-state index in [4.69, 9.17) is 10.5 Å². The molecule has 84 valence electrons. The molecule has 6 heteroatoms. The molecule has 0 spiro atoms. The first-order valence-electron chi connectivity index (χ1n) is 4.09. The van der Waals surface area contributed by atoms with Crippen molar-refractivity contribution in [3.63, 3.8) is 0 Å². The zero-order chi connectivity index (χ0) is 11.6. The first-order chi connectivity index (χ1) is 7.02. The third kappa shape index (κ3) is 2.43. The van der Waals surface area contributed by atoms with Gasteiger partial charge in [0.05, 0.1) is 17.6 Å². The van der Waals surface area contributed by atoms with Crippen LogP contribution in [-0.4, -0.2) is 18.9 Å². The van der Waals surface area contributed by atoms with Crippen LogP contribution in [0.3, 0.4) is 0 Å². The molecule has 0 aliphatic rings. The molecule has 0 aliphatic carbocycles. The molecular weight excluding hydrogens is 333 g/mol. The second-order valence-electron chi connectivity index (χ2n) is 2.91. The second kappa shape index (κ2) is 5.14. The van der Waals surface area contributed by atoms with Crippen molar-refractivity contribution in [1.29, 1.82) is 0 Å². The SMILES string of the molecule is COc1cc([C@H](N)CF)c(Br)c(Br)c1O. The number of benzene rings is 1. The van der Waals surface area contributed by atoms with Gasteiger partial charge in [-0.3, -0.25) is 0 Å². The van der Waals surface area contributed by atoms with Gasteiger partial charge in [-0.05, 0) is 43.5 Å². The Balaban J connectivity index is 3.35. The summed E-state index contributed by atoms with van der Waals surface area (Å²) in [7, 11) is 1.42. The molecule has 3 nitrogen and oxygen atoms in total. The van der Waals surface area contributed by atoms with Crippen LogP contribution in [0.4, 0.5) is 4.39 Å². The quantitative estimate of drug-likeness (QED) is 0.888.